The van der Waals surface area contributed by atoms with E-state index in [1.165, 1.54) is 18.3 Å². The molecule has 0 atom stereocenters. The van der Waals surface area contributed by atoms with Crippen molar-refractivity contribution in [2.45, 2.75) is 6.18 Å². The molecule has 2 N–H and O–H groups in total. The maximum absolute atomic E-state index is 13.0. The maximum Gasteiger partial charge on any atom is 0.418 e. The number of nitrogens with zero attached hydrogens (tertiary/aromatic N) is 2. The Kier molecular flexibility index (Phi) is 7.00. The Morgan fingerprint density at radius 2 is 2.00 bits per heavy atom. The highest BCUT2D eigenvalue weighted by Gasteiger charge is 2.33. The molecule has 0 saturated carbocycles. The number of carbonyl (C=O) groups is 1. The van der Waals surface area contributed by atoms with Crippen molar-refractivity contribution in [1.29, 1.82) is 5.26 Å². The van der Waals surface area contributed by atoms with Gasteiger partial charge in [0.15, 0.2) is 0 Å². The summed E-state index contributed by atoms with van der Waals surface area (Å²) in [7, 11) is 0. The van der Waals surface area contributed by atoms with Crippen LogP contribution in [-0.4, -0.2) is 50.2 Å². The van der Waals surface area contributed by atoms with E-state index in [2.05, 4.69) is 15.5 Å². The lowest BCUT2D eigenvalue weighted by molar-refractivity contribution is -0.137. The van der Waals surface area contributed by atoms with Crippen LogP contribution in [0.4, 0.5) is 18.9 Å². The average Bonchev–Trinajstić information content (AvgIpc) is 2.62. The minimum Gasteiger partial charge on any atom is -0.388 e. The zero-order valence-corrected chi connectivity index (χ0v) is 14.0. The standard InChI is InChI=1S/C17H19F3N4O2/c18-17(19,20)14-3-1-2-4-15(14)23-16(25)13(11-21)12-22-5-6-24-7-9-26-10-8-24/h1-4,12,22H,5-10H2,(H,23,25)/b13-12-. The number of anilines is 1. The molecule has 0 radical (unpaired) electrons. The first-order valence-corrected chi connectivity index (χ1v) is 8.03. The molecule has 0 aliphatic carbocycles. The number of hydrogen-bond donors (Lipinski definition) is 2. The summed E-state index contributed by atoms with van der Waals surface area (Å²) in [5.41, 5.74) is -1.66. The minimum atomic E-state index is -4.60. The van der Waals surface area contributed by atoms with Crippen molar-refractivity contribution in [2.24, 2.45) is 0 Å². The third-order valence-electron chi connectivity index (χ3n) is 3.77. The van der Waals surface area contributed by atoms with Gasteiger partial charge < -0.3 is 15.4 Å². The lowest BCUT2D eigenvalue weighted by Crippen LogP contribution is -2.39. The maximum atomic E-state index is 13.0. The lowest BCUT2D eigenvalue weighted by Gasteiger charge is -2.26. The van der Waals surface area contributed by atoms with Gasteiger partial charge >= 0.3 is 6.18 Å². The minimum absolute atomic E-state index is 0.302. The highest BCUT2D eigenvalue weighted by molar-refractivity contribution is 6.06. The van der Waals surface area contributed by atoms with Gasteiger partial charge in [-0.25, -0.2) is 0 Å². The molecule has 1 aromatic carbocycles. The molecule has 6 nitrogen and oxygen atoms in total. The Bertz CT molecular complexity index is 692. The van der Waals surface area contributed by atoms with Crippen LogP contribution in [0.5, 0.6) is 0 Å². The molecular formula is C17H19F3N4O2. The molecule has 0 spiro atoms. The van der Waals surface area contributed by atoms with Crippen molar-refractivity contribution >= 4 is 11.6 Å². The number of nitriles is 1. The van der Waals surface area contributed by atoms with Crippen LogP contribution in [0.15, 0.2) is 36.0 Å². The van der Waals surface area contributed by atoms with Crippen LogP contribution in [0.1, 0.15) is 5.56 Å². The molecular weight excluding hydrogens is 349 g/mol. The Labute approximate surface area is 149 Å². The number of morpholine rings is 1. The lowest BCUT2D eigenvalue weighted by atomic mass is 10.1. The summed E-state index contributed by atoms with van der Waals surface area (Å²) in [4.78, 5) is 14.2. The van der Waals surface area contributed by atoms with Gasteiger partial charge in [-0.05, 0) is 12.1 Å². The van der Waals surface area contributed by atoms with Gasteiger partial charge in [0.25, 0.3) is 5.91 Å². The monoisotopic (exact) mass is 368 g/mol. The van der Waals surface area contributed by atoms with Gasteiger partial charge in [0.05, 0.1) is 24.5 Å². The van der Waals surface area contributed by atoms with Gasteiger partial charge in [-0.2, -0.15) is 18.4 Å². The van der Waals surface area contributed by atoms with Gasteiger partial charge in [0.2, 0.25) is 0 Å². The second-order valence-corrected chi connectivity index (χ2v) is 5.58. The number of benzene rings is 1. The van der Waals surface area contributed by atoms with Crippen molar-refractivity contribution < 1.29 is 22.7 Å². The average molecular weight is 368 g/mol. The predicted octanol–water partition coefficient (Wildman–Crippen LogP) is 1.97. The van der Waals surface area contributed by atoms with E-state index in [4.69, 9.17) is 10.00 Å². The van der Waals surface area contributed by atoms with Crippen LogP contribution in [-0.2, 0) is 15.7 Å². The molecule has 140 valence electrons. The van der Waals surface area contributed by atoms with Crippen molar-refractivity contribution in [3.05, 3.63) is 41.6 Å². The number of amides is 1. The van der Waals surface area contributed by atoms with Crippen molar-refractivity contribution in [2.75, 3.05) is 44.7 Å². The highest BCUT2D eigenvalue weighted by atomic mass is 19.4. The molecule has 1 fully saturated rings. The van der Waals surface area contributed by atoms with E-state index in [9.17, 15) is 18.0 Å². The van der Waals surface area contributed by atoms with E-state index in [1.54, 1.807) is 6.07 Å². The van der Waals surface area contributed by atoms with Gasteiger partial charge in [-0.15, -0.1) is 0 Å². The zero-order valence-electron chi connectivity index (χ0n) is 14.0. The van der Waals surface area contributed by atoms with Gasteiger partial charge in [-0.1, -0.05) is 12.1 Å². The van der Waals surface area contributed by atoms with Crippen molar-refractivity contribution in [3.8, 4) is 6.07 Å². The number of ether oxygens (including phenoxy) is 1. The number of nitrogens with one attached hydrogen (secondary N) is 2. The summed E-state index contributed by atoms with van der Waals surface area (Å²) in [6.07, 6.45) is -3.39. The van der Waals surface area contributed by atoms with Crippen LogP contribution in [0.2, 0.25) is 0 Å². The summed E-state index contributed by atoms with van der Waals surface area (Å²) in [5.74, 6) is -0.900. The molecule has 1 aliphatic rings. The van der Waals surface area contributed by atoms with Crippen LogP contribution in [0.3, 0.4) is 0 Å². The number of carbonyl (C=O) groups excluding carboxylic acids is 1. The largest absolute Gasteiger partial charge is 0.418 e. The fourth-order valence-corrected chi connectivity index (χ4v) is 2.40. The second-order valence-electron chi connectivity index (χ2n) is 5.58. The molecule has 2 rings (SSSR count). The number of rotatable bonds is 6. The first kappa shape index (κ1) is 19.8. The molecule has 1 aliphatic heterocycles. The first-order chi connectivity index (χ1) is 12.4. The smallest absolute Gasteiger partial charge is 0.388 e. The van der Waals surface area contributed by atoms with E-state index in [1.807, 2.05) is 0 Å². The third kappa shape index (κ3) is 5.75. The summed E-state index contributed by atoms with van der Waals surface area (Å²) < 4.78 is 44.1. The Morgan fingerprint density at radius 1 is 1.31 bits per heavy atom. The zero-order chi connectivity index (χ0) is 19.0. The van der Waals surface area contributed by atoms with Crippen LogP contribution < -0.4 is 10.6 Å². The molecule has 26 heavy (non-hydrogen) atoms. The SMILES string of the molecule is N#C/C(=C/NCCN1CCOCC1)C(=O)Nc1ccccc1C(F)(F)F. The molecule has 0 bridgehead atoms. The normalized spacial score (nSPS) is 16.0. The van der Waals surface area contributed by atoms with Crippen molar-refractivity contribution in [3.63, 3.8) is 0 Å². The van der Waals surface area contributed by atoms with E-state index in [0.717, 1.165) is 25.2 Å². The van der Waals surface area contributed by atoms with Gasteiger partial charge in [-0.3, -0.25) is 9.69 Å². The number of alkyl halides is 3. The molecule has 9 heteroatoms. The molecule has 0 unspecified atom stereocenters. The van der Waals surface area contributed by atoms with E-state index < -0.39 is 17.6 Å². The number of hydrogen-bond acceptors (Lipinski definition) is 5. The molecule has 1 saturated heterocycles. The Hall–Kier alpha value is -2.57. The Morgan fingerprint density at radius 3 is 2.65 bits per heavy atom. The predicted molar refractivity (Wildman–Crippen MR) is 89.0 cm³/mol. The molecule has 1 aromatic rings. The quantitative estimate of drug-likeness (QED) is 0.456. The third-order valence-corrected chi connectivity index (χ3v) is 3.77. The van der Waals surface area contributed by atoms with Crippen LogP contribution >= 0.6 is 0 Å². The summed E-state index contributed by atoms with van der Waals surface area (Å²) in [6.45, 7) is 4.16. The summed E-state index contributed by atoms with van der Waals surface area (Å²) in [5, 5.41) is 14.1. The summed E-state index contributed by atoms with van der Waals surface area (Å²) in [6, 6.07) is 6.30. The molecule has 1 heterocycles. The van der Waals surface area contributed by atoms with E-state index >= 15 is 0 Å². The summed E-state index contributed by atoms with van der Waals surface area (Å²) >= 11 is 0. The van der Waals surface area contributed by atoms with Crippen LogP contribution in [0.25, 0.3) is 0 Å². The fourth-order valence-electron chi connectivity index (χ4n) is 2.40. The molecule has 0 aromatic heterocycles. The number of halogens is 3. The first-order valence-electron chi connectivity index (χ1n) is 8.03. The van der Waals surface area contributed by atoms with Gasteiger partial charge in [0, 0.05) is 32.4 Å². The molecule has 1 amide bonds. The number of para-hydroxylation sites is 1. The Balaban J connectivity index is 1.93. The second kappa shape index (κ2) is 9.22. The van der Waals surface area contributed by atoms with E-state index in [0.29, 0.717) is 26.3 Å². The van der Waals surface area contributed by atoms with Gasteiger partial charge in [0.1, 0.15) is 11.6 Å². The topological polar surface area (TPSA) is 77.4 Å². The highest BCUT2D eigenvalue weighted by Crippen LogP contribution is 2.34. The van der Waals surface area contributed by atoms with Crippen molar-refractivity contribution in [1.82, 2.24) is 10.2 Å². The fraction of sp³-hybridized carbons (Fsp3) is 0.412. The van der Waals surface area contributed by atoms with Crippen LogP contribution in [0, 0.1) is 11.3 Å². The van der Waals surface area contributed by atoms with E-state index in [-0.39, 0.29) is 11.3 Å².